The number of benzene rings is 1. The Morgan fingerprint density at radius 1 is 1.48 bits per heavy atom. The summed E-state index contributed by atoms with van der Waals surface area (Å²) in [5.41, 5.74) is 0.995. The van der Waals surface area contributed by atoms with Gasteiger partial charge in [-0.2, -0.15) is 0 Å². The second-order valence-electron chi connectivity index (χ2n) is 5.01. The first-order valence-corrected chi connectivity index (χ1v) is 6.94. The molecule has 0 saturated heterocycles. The predicted octanol–water partition coefficient (Wildman–Crippen LogP) is 3.69. The first-order chi connectivity index (χ1) is 10.0. The number of oxazole rings is 1. The van der Waals surface area contributed by atoms with Gasteiger partial charge in [-0.25, -0.2) is 4.98 Å². The molecule has 2 unspecified atom stereocenters. The quantitative estimate of drug-likeness (QED) is 0.647. The number of nitrogens with one attached hydrogen (secondary N) is 1. The number of aryl methyl sites for hydroxylation is 1. The number of nitrogens with zero attached hydrogens (tertiary/aromatic N) is 2. The minimum Gasteiger partial charge on any atom is -0.444 e. The van der Waals surface area contributed by atoms with E-state index in [1.165, 1.54) is 6.07 Å². The van der Waals surface area contributed by atoms with Crippen LogP contribution in [0.3, 0.4) is 0 Å². The Balaban J connectivity index is 2.16. The molecule has 2 aromatic rings. The van der Waals surface area contributed by atoms with Crippen molar-refractivity contribution in [2.24, 2.45) is 0 Å². The molecule has 1 aromatic carbocycles. The maximum atomic E-state index is 10.9. The van der Waals surface area contributed by atoms with Crippen molar-refractivity contribution in [3.63, 3.8) is 0 Å². The molecule has 21 heavy (non-hydrogen) atoms. The molecule has 2 atom stereocenters. The molecule has 1 N–H and O–H groups in total. The van der Waals surface area contributed by atoms with Crippen LogP contribution in [0.5, 0.6) is 0 Å². The van der Waals surface area contributed by atoms with Crippen LogP contribution in [0.25, 0.3) is 0 Å². The zero-order chi connectivity index (χ0) is 15.4. The molecular formula is C15H19N3O3. The fourth-order valence-corrected chi connectivity index (χ4v) is 2.25. The SMILES string of the molecule is CCC(NC(C)c1ncc(C)o1)c1cccc([N+](=O)[O-])c1. The highest BCUT2D eigenvalue weighted by Gasteiger charge is 2.18. The second kappa shape index (κ2) is 6.49. The van der Waals surface area contributed by atoms with E-state index >= 15 is 0 Å². The monoisotopic (exact) mass is 289 g/mol. The standard InChI is InChI=1S/C15H19N3O3/c1-4-14(12-6-5-7-13(8-12)18(19)20)17-11(3)15-16-9-10(2)21-15/h5-9,11,14,17H,4H2,1-3H3. The largest absolute Gasteiger partial charge is 0.444 e. The molecule has 0 bridgehead atoms. The maximum Gasteiger partial charge on any atom is 0.269 e. The summed E-state index contributed by atoms with van der Waals surface area (Å²) in [4.78, 5) is 14.7. The molecule has 0 spiro atoms. The van der Waals surface area contributed by atoms with E-state index in [2.05, 4.69) is 10.3 Å². The van der Waals surface area contributed by atoms with Gasteiger partial charge in [0.05, 0.1) is 17.2 Å². The third-order valence-electron chi connectivity index (χ3n) is 3.35. The van der Waals surface area contributed by atoms with Crippen molar-refractivity contribution in [1.82, 2.24) is 10.3 Å². The van der Waals surface area contributed by atoms with Crippen LogP contribution in [0.15, 0.2) is 34.9 Å². The van der Waals surface area contributed by atoms with Gasteiger partial charge in [0.2, 0.25) is 5.89 Å². The van der Waals surface area contributed by atoms with Gasteiger partial charge in [-0.3, -0.25) is 15.4 Å². The molecule has 0 fully saturated rings. The van der Waals surface area contributed by atoms with Crippen LogP contribution in [0.4, 0.5) is 5.69 Å². The van der Waals surface area contributed by atoms with Crippen molar-refractivity contribution in [2.45, 2.75) is 39.3 Å². The molecular weight excluding hydrogens is 270 g/mol. The van der Waals surface area contributed by atoms with E-state index in [1.54, 1.807) is 18.3 Å². The summed E-state index contributed by atoms with van der Waals surface area (Å²) >= 11 is 0. The van der Waals surface area contributed by atoms with Gasteiger partial charge in [0.15, 0.2) is 0 Å². The number of aromatic nitrogens is 1. The van der Waals surface area contributed by atoms with Gasteiger partial charge in [0, 0.05) is 18.2 Å². The zero-order valence-electron chi connectivity index (χ0n) is 12.4. The smallest absolute Gasteiger partial charge is 0.269 e. The average Bonchev–Trinajstić information content (AvgIpc) is 2.91. The number of hydrogen-bond donors (Lipinski definition) is 1. The molecule has 6 heteroatoms. The lowest BCUT2D eigenvalue weighted by molar-refractivity contribution is -0.384. The van der Waals surface area contributed by atoms with E-state index in [4.69, 9.17) is 4.42 Å². The molecule has 0 saturated carbocycles. The highest BCUT2D eigenvalue weighted by Crippen LogP contribution is 2.24. The summed E-state index contributed by atoms with van der Waals surface area (Å²) in [6.07, 6.45) is 2.49. The first-order valence-electron chi connectivity index (χ1n) is 6.94. The van der Waals surface area contributed by atoms with E-state index in [0.29, 0.717) is 5.89 Å². The van der Waals surface area contributed by atoms with Crippen LogP contribution in [0, 0.1) is 17.0 Å². The van der Waals surface area contributed by atoms with Crippen molar-refractivity contribution >= 4 is 5.69 Å². The molecule has 0 aliphatic heterocycles. The highest BCUT2D eigenvalue weighted by molar-refractivity contribution is 5.35. The molecule has 1 heterocycles. The Morgan fingerprint density at radius 2 is 2.24 bits per heavy atom. The van der Waals surface area contributed by atoms with E-state index in [9.17, 15) is 10.1 Å². The minimum absolute atomic E-state index is 0.00658. The number of nitro groups is 1. The van der Waals surface area contributed by atoms with Crippen LogP contribution < -0.4 is 5.32 Å². The Kier molecular flexibility index (Phi) is 4.70. The average molecular weight is 289 g/mol. The van der Waals surface area contributed by atoms with Crippen LogP contribution in [-0.4, -0.2) is 9.91 Å². The molecule has 1 aromatic heterocycles. The third-order valence-corrected chi connectivity index (χ3v) is 3.35. The lowest BCUT2D eigenvalue weighted by atomic mass is 10.0. The van der Waals surface area contributed by atoms with Crippen molar-refractivity contribution in [2.75, 3.05) is 0 Å². The third kappa shape index (κ3) is 3.66. The summed E-state index contributed by atoms with van der Waals surface area (Å²) in [6.45, 7) is 5.84. The fraction of sp³-hybridized carbons (Fsp3) is 0.400. The lowest BCUT2D eigenvalue weighted by Gasteiger charge is -2.20. The Hall–Kier alpha value is -2.21. The number of hydrogen-bond acceptors (Lipinski definition) is 5. The molecule has 0 amide bonds. The van der Waals surface area contributed by atoms with Crippen LogP contribution in [0.2, 0.25) is 0 Å². The van der Waals surface area contributed by atoms with E-state index in [0.717, 1.165) is 17.7 Å². The summed E-state index contributed by atoms with van der Waals surface area (Å²) < 4.78 is 5.51. The van der Waals surface area contributed by atoms with Gasteiger partial charge in [-0.1, -0.05) is 19.1 Å². The van der Waals surface area contributed by atoms with Gasteiger partial charge >= 0.3 is 0 Å². The predicted molar refractivity (Wildman–Crippen MR) is 78.9 cm³/mol. The van der Waals surface area contributed by atoms with Crippen molar-refractivity contribution < 1.29 is 9.34 Å². The van der Waals surface area contributed by atoms with E-state index in [-0.39, 0.29) is 22.7 Å². The zero-order valence-corrected chi connectivity index (χ0v) is 12.4. The normalized spacial score (nSPS) is 13.9. The van der Waals surface area contributed by atoms with Crippen molar-refractivity contribution in [3.8, 4) is 0 Å². The summed E-state index contributed by atoms with van der Waals surface area (Å²) in [7, 11) is 0. The number of nitro benzene ring substituents is 1. The van der Waals surface area contributed by atoms with Gasteiger partial charge in [-0.05, 0) is 25.8 Å². The second-order valence-corrected chi connectivity index (χ2v) is 5.01. The Labute approximate surface area is 123 Å². The van der Waals surface area contributed by atoms with Gasteiger partial charge in [-0.15, -0.1) is 0 Å². The van der Waals surface area contributed by atoms with Crippen LogP contribution in [0.1, 0.15) is 49.6 Å². The molecule has 6 nitrogen and oxygen atoms in total. The molecule has 0 aliphatic rings. The first kappa shape index (κ1) is 15.2. The van der Waals surface area contributed by atoms with Gasteiger partial charge in [0.1, 0.15) is 5.76 Å². The minimum atomic E-state index is -0.378. The Morgan fingerprint density at radius 3 is 2.81 bits per heavy atom. The molecule has 112 valence electrons. The van der Waals surface area contributed by atoms with Gasteiger partial charge in [0.25, 0.3) is 5.69 Å². The molecule has 0 radical (unpaired) electrons. The Bertz CT molecular complexity index is 624. The summed E-state index contributed by atoms with van der Waals surface area (Å²) in [5, 5.41) is 14.3. The number of rotatable bonds is 6. The van der Waals surface area contributed by atoms with Gasteiger partial charge < -0.3 is 4.42 Å². The van der Waals surface area contributed by atoms with Crippen LogP contribution in [-0.2, 0) is 0 Å². The maximum absolute atomic E-state index is 10.9. The lowest BCUT2D eigenvalue weighted by Crippen LogP contribution is -2.24. The molecule has 2 rings (SSSR count). The summed E-state index contributed by atoms with van der Waals surface area (Å²) in [5.74, 6) is 1.39. The van der Waals surface area contributed by atoms with Crippen molar-refractivity contribution in [1.29, 1.82) is 0 Å². The van der Waals surface area contributed by atoms with E-state index < -0.39 is 0 Å². The van der Waals surface area contributed by atoms with Crippen molar-refractivity contribution in [3.05, 3.63) is 57.8 Å². The molecule has 0 aliphatic carbocycles. The van der Waals surface area contributed by atoms with E-state index in [1.807, 2.05) is 26.8 Å². The van der Waals surface area contributed by atoms with Crippen LogP contribution >= 0.6 is 0 Å². The summed E-state index contributed by atoms with van der Waals surface area (Å²) in [6, 6.07) is 6.64. The topological polar surface area (TPSA) is 81.2 Å². The fourth-order valence-electron chi connectivity index (χ4n) is 2.25. The highest BCUT2D eigenvalue weighted by atomic mass is 16.6. The number of non-ortho nitro benzene ring substituents is 1.